The minimum absolute atomic E-state index is 0.130. The van der Waals surface area contributed by atoms with Gasteiger partial charge in [-0.1, -0.05) is 54.6 Å². The first kappa shape index (κ1) is 11.6. The molecule has 0 bridgehead atoms. The highest BCUT2D eigenvalue weighted by molar-refractivity contribution is 7.80. The molecule has 1 atom stereocenters. The minimum Gasteiger partial charge on any atom is -0.166 e. The summed E-state index contributed by atoms with van der Waals surface area (Å²) in [5, 5.41) is 0.130. The lowest BCUT2D eigenvalue weighted by atomic mass is 10.0. The molecule has 0 nitrogen and oxygen atoms in total. The molecule has 0 saturated heterocycles. The van der Waals surface area contributed by atoms with Crippen LogP contribution in [-0.4, -0.2) is 0 Å². The number of rotatable bonds is 3. The summed E-state index contributed by atoms with van der Waals surface area (Å²) in [6.07, 6.45) is 0. The first-order chi connectivity index (χ1) is 7.81. The van der Waals surface area contributed by atoms with Crippen molar-refractivity contribution in [1.29, 1.82) is 0 Å². The number of thiol groups is 1. The summed E-state index contributed by atoms with van der Waals surface area (Å²) in [4.78, 5) is 0. The molecule has 0 spiro atoms. The number of halogens is 1. The zero-order valence-corrected chi connectivity index (χ0v) is 10.5. The summed E-state index contributed by atoms with van der Waals surface area (Å²) in [6.45, 7) is 0. The van der Waals surface area contributed by atoms with Crippen molar-refractivity contribution in [1.82, 2.24) is 0 Å². The molecule has 1 unspecified atom stereocenters. The van der Waals surface area contributed by atoms with Gasteiger partial charge in [0.25, 0.3) is 0 Å². The van der Waals surface area contributed by atoms with Crippen LogP contribution in [0.3, 0.4) is 0 Å². The highest BCUT2D eigenvalue weighted by Gasteiger charge is 2.07. The standard InChI is InChI=1S/C14H13ClS/c15-10-11-6-8-13(9-7-11)14(16)12-4-2-1-3-5-12/h1-9,14,16H,10H2. The molecule has 2 aromatic carbocycles. The molecule has 0 aliphatic carbocycles. The van der Waals surface area contributed by atoms with Crippen molar-refractivity contribution in [3.63, 3.8) is 0 Å². The SMILES string of the molecule is SC(c1ccccc1)c1ccc(CCl)cc1. The maximum atomic E-state index is 5.76. The Morgan fingerprint density at radius 1 is 0.875 bits per heavy atom. The molecule has 0 N–H and O–H groups in total. The van der Waals surface area contributed by atoms with Gasteiger partial charge in [-0.25, -0.2) is 0 Å². The largest absolute Gasteiger partial charge is 0.166 e. The summed E-state index contributed by atoms with van der Waals surface area (Å²) in [5.74, 6) is 0.558. The molecule has 0 saturated carbocycles. The Kier molecular flexibility index (Phi) is 3.92. The highest BCUT2D eigenvalue weighted by Crippen LogP contribution is 2.28. The lowest BCUT2D eigenvalue weighted by Gasteiger charge is -2.11. The van der Waals surface area contributed by atoms with Crippen LogP contribution < -0.4 is 0 Å². The average molecular weight is 249 g/mol. The molecule has 82 valence electrons. The van der Waals surface area contributed by atoms with Gasteiger partial charge in [0.2, 0.25) is 0 Å². The van der Waals surface area contributed by atoms with E-state index in [0.717, 1.165) is 5.56 Å². The molecule has 0 aliphatic heterocycles. The summed E-state index contributed by atoms with van der Waals surface area (Å²) < 4.78 is 0. The van der Waals surface area contributed by atoms with E-state index in [-0.39, 0.29) is 5.25 Å². The van der Waals surface area contributed by atoms with Gasteiger partial charge < -0.3 is 0 Å². The number of hydrogen-bond donors (Lipinski definition) is 1. The van der Waals surface area contributed by atoms with E-state index >= 15 is 0 Å². The second kappa shape index (κ2) is 5.42. The van der Waals surface area contributed by atoms with Gasteiger partial charge in [-0.05, 0) is 16.7 Å². The predicted octanol–water partition coefficient (Wildman–Crippen LogP) is 4.44. The molecule has 0 aromatic heterocycles. The predicted molar refractivity (Wildman–Crippen MR) is 73.3 cm³/mol. The first-order valence-corrected chi connectivity index (χ1v) is 6.24. The third kappa shape index (κ3) is 2.60. The van der Waals surface area contributed by atoms with Crippen molar-refractivity contribution >= 4 is 24.2 Å². The Morgan fingerprint density at radius 2 is 1.44 bits per heavy atom. The lowest BCUT2D eigenvalue weighted by molar-refractivity contribution is 1.16. The second-order valence-electron chi connectivity index (χ2n) is 3.69. The zero-order chi connectivity index (χ0) is 11.4. The van der Waals surface area contributed by atoms with Crippen LogP contribution in [0.25, 0.3) is 0 Å². The monoisotopic (exact) mass is 248 g/mol. The van der Waals surface area contributed by atoms with Crippen LogP contribution in [0.2, 0.25) is 0 Å². The Bertz CT molecular complexity index is 436. The van der Waals surface area contributed by atoms with Crippen LogP contribution in [0, 0.1) is 0 Å². The maximum absolute atomic E-state index is 5.76. The normalized spacial score (nSPS) is 12.4. The van der Waals surface area contributed by atoms with Crippen molar-refractivity contribution in [2.24, 2.45) is 0 Å². The molecular weight excluding hydrogens is 236 g/mol. The zero-order valence-electron chi connectivity index (χ0n) is 8.81. The van der Waals surface area contributed by atoms with Crippen molar-refractivity contribution in [2.45, 2.75) is 11.1 Å². The van der Waals surface area contributed by atoms with Gasteiger partial charge >= 0.3 is 0 Å². The Hall–Kier alpha value is -0.920. The number of benzene rings is 2. The molecular formula is C14H13ClS. The fraction of sp³-hybridized carbons (Fsp3) is 0.143. The third-order valence-electron chi connectivity index (χ3n) is 2.57. The molecule has 0 radical (unpaired) electrons. The van der Waals surface area contributed by atoms with Gasteiger partial charge in [0, 0.05) is 5.88 Å². The van der Waals surface area contributed by atoms with Crippen LogP contribution in [0.15, 0.2) is 54.6 Å². The van der Waals surface area contributed by atoms with Crippen molar-refractivity contribution < 1.29 is 0 Å². The quantitative estimate of drug-likeness (QED) is 0.602. The Balaban J connectivity index is 2.24. The smallest absolute Gasteiger partial charge is 0.0516 e. The maximum Gasteiger partial charge on any atom is 0.0516 e. The van der Waals surface area contributed by atoms with E-state index in [0.29, 0.717) is 5.88 Å². The van der Waals surface area contributed by atoms with E-state index in [4.69, 9.17) is 11.6 Å². The van der Waals surface area contributed by atoms with Crippen LogP contribution in [0.1, 0.15) is 21.9 Å². The molecule has 0 fully saturated rings. The second-order valence-corrected chi connectivity index (χ2v) is 4.47. The van der Waals surface area contributed by atoms with E-state index in [1.165, 1.54) is 11.1 Å². The molecule has 0 heterocycles. The van der Waals surface area contributed by atoms with Gasteiger partial charge in [0.15, 0.2) is 0 Å². The summed E-state index contributed by atoms with van der Waals surface area (Å²) in [6, 6.07) is 18.5. The van der Waals surface area contributed by atoms with Crippen LogP contribution in [0.4, 0.5) is 0 Å². The van der Waals surface area contributed by atoms with E-state index in [9.17, 15) is 0 Å². The van der Waals surface area contributed by atoms with Crippen LogP contribution in [0.5, 0.6) is 0 Å². The van der Waals surface area contributed by atoms with E-state index in [1.54, 1.807) is 0 Å². The van der Waals surface area contributed by atoms with Crippen molar-refractivity contribution in [2.75, 3.05) is 0 Å². The number of alkyl halides is 1. The van der Waals surface area contributed by atoms with Crippen LogP contribution >= 0.6 is 24.2 Å². The summed E-state index contributed by atoms with van der Waals surface area (Å²) >= 11 is 10.4. The summed E-state index contributed by atoms with van der Waals surface area (Å²) in [7, 11) is 0. The van der Waals surface area contributed by atoms with Gasteiger partial charge in [-0.3, -0.25) is 0 Å². The van der Waals surface area contributed by atoms with E-state index < -0.39 is 0 Å². The Labute approximate surface area is 107 Å². The average Bonchev–Trinajstić information content (AvgIpc) is 2.39. The molecule has 2 heteroatoms. The van der Waals surface area contributed by atoms with Gasteiger partial charge in [0.05, 0.1) is 5.25 Å². The third-order valence-corrected chi connectivity index (χ3v) is 3.47. The molecule has 16 heavy (non-hydrogen) atoms. The first-order valence-electron chi connectivity index (χ1n) is 5.19. The lowest BCUT2D eigenvalue weighted by Crippen LogP contribution is -1.93. The van der Waals surface area contributed by atoms with E-state index in [1.807, 2.05) is 18.2 Å². The number of hydrogen-bond acceptors (Lipinski definition) is 1. The van der Waals surface area contributed by atoms with Gasteiger partial charge in [-0.15, -0.1) is 11.6 Å². The van der Waals surface area contributed by atoms with E-state index in [2.05, 4.69) is 49.0 Å². The Morgan fingerprint density at radius 3 is 2.00 bits per heavy atom. The molecule has 0 amide bonds. The molecule has 2 aromatic rings. The fourth-order valence-corrected chi connectivity index (χ4v) is 2.14. The fourth-order valence-electron chi connectivity index (χ4n) is 1.62. The van der Waals surface area contributed by atoms with Crippen LogP contribution in [-0.2, 0) is 5.88 Å². The van der Waals surface area contributed by atoms with Crippen molar-refractivity contribution in [3.8, 4) is 0 Å². The topological polar surface area (TPSA) is 0 Å². The van der Waals surface area contributed by atoms with Gasteiger partial charge in [0.1, 0.15) is 0 Å². The van der Waals surface area contributed by atoms with Crippen molar-refractivity contribution in [3.05, 3.63) is 71.3 Å². The summed E-state index contributed by atoms with van der Waals surface area (Å²) in [5.41, 5.74) is 3.55. The minimum atomic E-state index is 0.130. The van der Waals surface area contributed by atoms with Gasteiger partial charge in [-0.2, -0.15) is 12.6 Å². The highest BCUT2D eigenvalue weighted by atomic mass is 35.5. The molecule has 2 rings (SSSR count). The molecule has 0 aliphatic rings.